The lowest BCUT2D eigenvalue weighted by atomic mass is 10.1. The van der Waals surface area contributed by atoms with Crippen LogP contribution in [0.3, 0.4) is 0 Å². The fourth-order valence-electron chi connectivity index (χ4n) is 2.17. The number of aromatic nitrogens is 4. The summed E-state index contributed by atoms with van der Waals surface area (Å²) < 4.78 is 6.87. The van der Waals surface area contributed by atoms with Crippen LogP contribution >= 0.6 is 11.6 Å². The minimum atomic E-state index is 0.482. The van der Waals surface area contributed by atoms with Gasteiger partial charge >= 0.3 is 0 Å². The van der Waals surface area contributed by atoms with E-state index in [4.69, 9.17) is 16.3 Å². The van der Waals surface area contributed by atoms with Crippen molar-refractivity contribution < 1.29 is 4.74 Å². The molecule has 0 aliphatic carbocycles. The van der Waals surface area contributed by atoms with Crippen LogP contribution in [-0.2, 0) is 6.42 Å². The van der Waals surface area contributed by atoms with E-state index in [1.54, 1.807) is 11.6 Å². The number of methoxy groups -OCH3 is 1. The Morgan fingerprint density at radius 1 is 1.10 bits per heavy atom. The van der Waals surface area contributed by atoms with Crippen molar-refractivity contribution in [1.29, 1.82) is 0 Å². The lowest BCUT2D eigenvalue weighted by Gasteiger charge is -2.05. The molecule has 6 heteroatoms. The zero-order valence-corrected chi connectivity index (χ0v) is 12.8. The number of halogens is 1. The van der Waals surface area contributed by atoms with Crippen LogP contribution in [0, 0.1) is 13.8 Å². The molecule has 0 aliphatic rings. The van der Waals surface area contributed by atoms with Gasteiger partial charge < -0.3 is 4.74 Å². The molecule has 0 radical (unpaired) electrons. The van der Waals surface area contributed by atoms with E-state index in [1.807, 2.05) is 38.1 Å². The summed E-state index contributed by atoms with van der Waals surface area (Å²) >= 11 is 6.16. The predicted octanol–water partition coefficient (Wildman–Crippen LogP) is 2.99. The van der Waals surface area contributed by atoms with E-state index in [1.165, 1.54) is 0 Å². The summed E-state index contributed by atoms with van der Waals surface area (Å²) in [5.41, 5.74) is 3.80. The van der Waals surface area contributed by atoms with E-state index < -0.39 is 0 Å². The van der Waals surface area contributed by atoms with Gasteiger partial charge in [0.25, 0.3) is 0 Å². The molecule has 0 bridgehead atoms. The molecule has 0 spiro atoms. The average molecular weight is 303 g/mol. The molecule has 0 amide bonds. The summed E-state index contributed by atoms with van der Waals surface area (Å²) in [5, 5.41) is 13.3. The SMILES string of the molecule is COc1ccc(Cc2nnc3c(C)c(C)c(Cl)nn23)cc1. The first-order valence-corrected chi connectivity index (χ1v) is 6.98. The van der Waals surface area contributed by atoms with E-state index in [0.717, 1.165) is 33.9 Å². The summed E-state index contributed by atoms with van der Waals surface area (Å²) in [6.45, 7) is 3.91. The van der Waals surface area contributed by atoms with Gasteiger partial charge in [-0.1, -0.05) is 23.7 Å². The Kier molecular flexibility index (Phi) is 3.51. The highest BCUT2D eigenvalue weighted by Crippen LogP contribution is 2.21. The zero-order chi connectivity index (χ0) is 15.0. The van der Waals surface area contributed by atoms with Gasteiger partial charge in [0.1, 0.15) is 5.75 Å². The van der Waals surface area contributed by atoms with E-state index in [9.17, 15) is 0 Å². The molecule has 0 saturated heterocycles. The molecule has 1 aromatic carbocycles. The van der Waals surface area contributed by atoms with Gasteiger partial charge in [-0.25, -0.2) is 0 Å². The highest BCUT2D eigenvalue weighted by atomic mass is 35.5. The molecule has 0 fully saturated rings. The largest absolute Gasteiger partial charge is 0.497 e. The van der Waals surface area contributed by atoms with E-state index in [-0.39, 0.29) is 0 Å². The number of fused-ring (bicyclic) bond motifs is 1. The molecule has 0 atom stereocenters. The number of hydrogen-bond donors (Lipinski definition) is 0. The van der Waals surface area contributed by atoms with Gasteiger partial charge in [-0.15, -0.1) is 10.2 Å². The van der Waals surface area contributed by atoms with Crippen molar-refractivity contribution in [1.82, 2.24) is 19.8 Å². The number of rotatable bonds is 3. The third-order valence-electron chi connectivity index (χ3n) is 3.62. The Labute approximate surface area is 127 Å². The second-order valence-electron chi connectivity index (χ2n) is 4.92. The topological polar surface area (TPSA) is 52.3 Å². The van der Waals surface area contributed by atoms with Gasteiger partial charge in [0.15, 0.2) is 16.6 Å². The quantitative estimate of drug-likeness (QED) is 0.746. The number of ether oxygens (including phenoxy) is 1. The van der Waals surface area contributed by atoms with Gasteiger partial charge in [-0.2, -0.15) is 9.61 Å². The van der Waals surface area contributed by atoms with Crippen LogP contribution in [-0.4, -0.2) is 26.9 Å². The molecule has 21 heavy (non-hydrogen) atoms. The molecule has 3 rings (SSSR count). The van der Waals surface area contributed by atoms with Crippen LogP contribution in [0.5, 0.6) is 5.75 Å². The third kappa shape index (κ3) is 2.45. The molecule has 3 aromatic rings. The van der Waals surface area contributed by atoms with Crippen LogP contribution in [0.15, 0.2) is 24.3 Å². The molecular weight excluding hydrogens is 288 g/mol. The second-order valence-corrected chi connectivity index (χ2v) is 5.28. The van der Waals surface area contributed by atoms with Crippen molar-refractivity contribution in [2.45, 2.75) is 20.3 Å². The number of nitrogens with zero attached hydrogens (tertiary/aromatic N) is 4. The molecular formula is C15H15ClN4O. The normalized spacial score (nSPS) is 11.0. The Morgan fingerprint density at radius 2 is 1.81 bits per heavy atom. The monoisotopic (exact) mass is 302 g/mol. The molecule has 2 heterocycles. The molecule has 2 aromatic heterocycles. The van der Waals surface area contributed by atoms with E-state index >= 15 is 0 Å². The van der Waals surface area contributed by atoms with Crippen LogP contribution in [0.25, 0.3) is 5.65 Å². The molecule has 0 unspecified atom stereocenters. The summed E-state index contributed by atoms with van der Waals surface area (Å²) in [6, 6.07) is 7.86. The predicted molar refractivity (Wildman–Crippen MR) is 81.1 cm³/mol. The van der Waals surface area contributed by atoms with Crippen molar-refractivity contribution in [3.63, 3.8) is 0 Å². The average Bonchev–Trinajstić information content (AvgIpc) is 2.89. The smallest absolute Gasteiger partial charge is 0.181 e. The van der Waals surface area contributed by atoms with Crippen molar-refractivity contribution >= 4 is 17.2 Å². The fraction of sp³-hybridized carbons (Fsp3) is 0.267. The van der Waals surface area contributed by atoms with Crippen LogP contribution < -0.4 is 4.74 Å². The lowest BCUT2D eigenvalue weighted by molar-refractivity contribution is 0.414. The Bertz CT molecular complexity index is 796. The standard InChI is InChI=1S/C15H15ClN4O/c1-9-10(2)15-18-17-13(20(15)19-14(9)16)8-11-4-6-12(21-3)7-5-11/h4-7H,8H2,1-3H3. The molecule has 0 N–H and O–H groups in total. The minimum Gasteiger partial charge on any atom is -0.497 e. The summed E-state index contributed by atoms with van der Waals surface area (Å²) in [7, 11) is 1.65. The van der Waals surface area contributed by atoms with Crippen LogP contribution in [0.1, 0.15) is 22.5 Å². The first kappa shape index (κ1) is 13.8. The zero-order valence-electron chi connectivity index (χ0n) is 12.1. The minimum absolute atomic E-state index is 0.482. The highest BCUT2D eigenvalue weighted by Gasteiger charge is 2.13. The number of aryl methyl sites for hydroxylation is 1. The van der Waals surface area contributed by atoms with Crippen molar-refractivity contribution in [3.8, 4) is 5.75 Å². The van der Waals surface area contributed by atoms with Crippen molar-refractivity contribution in [3.05, 3.63) is 51.9 Å². The number of hydrogen-bond acceptors (Lipinski definition) is 4. The van der Waals surface area contributed by atoms with Gasteiger partial charge in [-0.3, -0.25) is 0 Å². The highest BCUT2D eigenvalue weighted by molar-refractivity contribution is 6.30. The molecule has 108 valence electrons. The Morgan fingerprint density at radius 3 is 2.48 bits per heavy atom. The van der Waals surface area contributed by atoms with Crippen LogP contribution in [0.2, 0.25) is 5.15 Å². The molecule has 0 aliphatic heterocycles. The molecule has 5 nitrogen and oxygen atoms in total. The van der Waals surface area contributed by atoms with Crippen LogP contribution in [0.4, 0.5) is 0 Å². The van der Waals surface area contributed by atoms with Gasteiger partial charge in [0.05, 0.1) is 7.11 Å². The maximum atomic E-state index is 6.16. The fourth-order valence-corrected chi connectivity index (χ4v) is 2.39. The Balaban J connectivity index is 2.01. The van der Waals surface area contributed by atoms with E-state index in [2.05, 4.69) is 15.3 Å². The third-order valence-corrected chi connectivity index (χ3v) is 3.98. The van der Waals surface area contributed by atoms with E-state index in [0.29, 0.717) is 11.6 Å². The first-order chi connectivity index (χ1) is 10.1. The maximum absolute atomic E-state index is 6.16. The maximum Gasteiger partial charge on any atom is 0.181 e. The summed E-state index contributed by atoms with van der Waals surface area (Å²) in [5.74, 6) is 1.60. The van der Waals surface area contributed by atoms with Gasteiger partial charge in [0, 0.05) is 12.0 Å². The first-order valence-electron chi connectivity index (χ1n) is 6.60. The lowest BCUT2D eigenvalue weighted by Crippen LogP contribution is -2.03. The Hall–Kier alpha value is -2.14. The summed E-state index contributed by atoms with van der Waals surface area (Å²) in [6.07, 6.45) is 0.636. The number of benzene rings is 1. The summed E-state index contributed by atoms with van der Waals surface area (Å²) in [4.78, 5) is 0. The van der Waals surface area contributed by atoms with Crippen molar-refractivity contribution in [2.24, 2.45) is 0 Å². The second kappa shape index (κ2) is 5.33. The van der Waals surface area contributed by atoms with Gasteiger partial charge in [0.2, 0.25) is 0 Å². The van der Waals surface area contributed by atoms with Crippen molar-refractivity contribution in [2.75, 3.05) is 7.11 Å². The van der Waals surface area contributed by atoms with Gasteiger partial charge in [-0.05, 0) is 37.1 Å². The molecule has 0 saturated carbocycles.